The van der Waals surface area contributed by atoms with Crippen molar-refractivity contribution in [3.63, 3.8) is 0 Å². The first kappa shape index (κ1) is 17.2. The first-order valence-electron chi connectivity index (χ1n) is 8.64. The van der Waals surface area contributed by atoms with Gasteiger partial charge in [0, 0.05) is 32.7 Å². The zero-order valence-electron chi connectivity index (χ0n) is 14.6. The fraction of sp³-hybridized carbons (Fsp3) is 0.286. The van der Waals surface area contributed by atoms with Crippen LogP contribution in [0.1, 0.15) is 15.9 Å². The van der Waals surface area contributed by atoms with Gasteiger partial charge in [0.15, 0.2) is 0 Å². The Hall–Kier alpha value is -2.59. The molecule has 4 nitrogen and oxygen atoms in total. The van der Waals surface area contributed by atoms with Crippen LogP contribution in [0.2, 0.25) is 0 Å². The van der Waals surface area contributed by atoms with E-state index in [9.17, 15) is 4.79 Å². The van der Waals surface area contributed by atoms with E-state index < -0.39 is 0 Å². The van der Waals surface area contributed by atoms with Gasteiger partial charge in [0.2, 0.25) is 0 Å². The van der Waals surface area contributed by atoms with Crippen LogP contribution in [0.25, 0.3) is 6.08 Å². The van der Waals surface area contributed by atoms with E-state index in [2.05, 4.69) is 29.2 Å². The first-order chi connectivity index (χ1) is 12.3. The summed E-state index contributed by atoms with van der Waals surface area (Å²) in [5.74, 6) is 0.692. The van der Waals surface area contributed by atoms with Crippen LogP contribution in [-0.4, -0.2) is 55.5 Å². The quantitative estimate of drug-likeness (QED) is 0.841. The zero-order chi connectivity index (χ0) is 17.5. The summed E-state index contributed by atoms with van der Waals surface area (Å²) >= 11 is 0. The van der Waals surface area contributed by atoms with Crippen molar-refractivity contribution in [3.05, 3.63) is 71.8 Å². The van der Waals surface area contributed by atoms with E-state index >= 15 is 0 Å². The lowest BCUT2D eigenvalue weighted by molar-refractivity contribution is 0.0647. The third-order valence-corrected chi connectivity index (χ3v) is 4.47. The predicted molar refractivity (Wildman–Crippen MR) is 101 cm³/mol. The fourth-order valence-electron chi connectivity index (χ4n) is 3.03. The molecule has 0 unspecified atom stereocenters. The number of amides is 1. The van der Waals surface area contributed by atoms with Crippen molar-refractivity contribution in [3.8, 4) is 5.75 Å². The third kappa shape index (κ3) is 4.48. The molecular weight excluding hydrogens is 312 g/mol. The van der Waals surface area contributed by atoms with E-state index in [0.29, 0.717) is 11.3 Å². The summed E-state index contributed by atoms with van der Waals surface area (Å²) in [6.07, 6.45) is 4.33. The predicted octanol–water partition coefficient (Wildman–Crippen LogP) is 3.17. The number of ether oxygens (including phenoxy) is 1. The number of para-hydroxylation sites is 1. The maximum Gasteiger partial charge on any atom is 0.257 e. The molecule has 2 aromatic rings. The molecule has 0 spiro atoms. The maximum absolute atomic E-state index is 12.7. The zero-order valence-corrected chi connectivity index (χ0v) is 14.6. The van der Waals surface area contributed by atoms with Gasteiger partial charge in [-0.3, -0.25) is 9.69 Å². The Kier molecular flexibility index (Phi) is 5.86. The number of hydrogen-bond acceptors (Lipinski definition) is 3. The van der Waals surface area contributed by atoms with Gasteiger partial charge in [-0.25, -0.2) is 0 Å². The van der Waals surface area contributed by atoms with E-state index in [0.717, 1.165) is 32.7 Å². The first-order valence-corrected chi connectivity index (χ1v) is 8.64. The molecule has 0 N–H and O–H groups in total. The summed E-state index contributed by atoms with van der Waals surface area (Å²) in [7, 11) is 1.60. The molecule has 1 aliphatic rings. The minimum Gasteiger partial charge on any atom is -0.496 e. The normalized spacial score (nSPS) is 15.5. The molecule has 2 aromatic carbocycles. The van der Waals surface area contributed by atoms with Crippen molar-refractivity contribution in [2.45, 2.75) is 0 Å². The smallest absolute Gasteiger partial charge is 0.257 e. The van der Waals surface area contributed by atoms with Crippen LogP contribution >= 0.6 is 0 Å². The highest BCUT2D eigenvalue weighted by Gasteiger charge is 2.23. The lowest BCUT2D eigenvalue weighted by Crippen LogP contribution is -2.48. The van der Waals surface area contributed by atoms with Gasteiger partial charge in [-0.15, -0.1) is 0 Å². The molecule has 1 fully saturated rings. The minimum absolute atomic E-state index is 0.0527. The molecule has 3 rings (SSSR count). The van der Waals surface area contributed by atoms with Crippen LogP contribution in [0, 0.1) is 0 Å². The van der Waals surface area contributed by atoms with Gasteiger partial charge in [-0.2, -0.15) is 0 Å². The second-order valence-corrected chi connectivity index (χ2v) is 6.11. The Balaban J connectivity index is 1.51. The maximum atomic E-state index is 12.7. The standard InChI is InChI=1S/C21H24N2O2/c1-25-20-12-6-5-11-19(20)21(24)23-16-14-22(15-17-23)13-7-10-18-8-3-2-4-9-18/h2-12H,13-17H2,1H3. The van der Waals surface area contributed by atoms with Crippen molar-refractivity contribution in [2.24, 2.45) is 0 Å². The molecule has 1 amide bonds. The van der Waals surface area contributed by atoms with Crippen LogP contribution in [0.15, 0.2) is 60.7 Å². The monoisotopic (exact) mass is 336 g/mol. The molecule has 1 aliphatic heterocycles. The number of hydrogen-bond donors (Lipinski definition) is 0. The van der Waals surface area contributed by atoms with Crippen LogP contribution in [0.3, 0.4) is 0 Å². The Morgan fingerprint density at radius 2 is 1.68 bits per heavy atom. The average molecular weight is 336 g/mol. The molecule has 0 atom stereocenters. The van der Waals surface area contributed by atoms with E-state index in [-0.39, 0.29) is 5.91 Å². The van der Waals surface area contributed by atoms with E-state index in [4.69, 9.17) is 4.74 Å². The molecule has 130 valence electrons. The molecule has 0 saturated carbocycles. The molecule has 1 saturated heterocycles. The molecule has 0 aliphatic carbocycles. The van der Waals surface area contributed by atoms with Crippen molar-refractivity contribution >= 4 is 12.0 Å². The molecular formula is C21H24N2O2. The molecule has 0 aromatic heterocycles. The Labute approximate surface area is 149 Å². The summed E-state index contributed by atoms with van der Waals surface area (Å²) in [6.45, 7) is 4.18. The van der Waals surface area contributed by atoms with E-state index in [1.54, 1.807) is 7.11 Å². The second kappa shape index (κ2) is 8.49. The Bertz CT molecular complexity index is 720. The fourth-order valence-corrected chi connectivity index (χ4v) is 3.03. The highest BCUT2D eigenvalue weighted by atomic mass is 16.5. The largest absolute Gasteiger partial charge is 0.496 e. The number of carbonyl (C=O) groups excluding carboxylic acids is 1. The van der Waals surface area contributed by atoms with Crippen LogP contribution < -0.4 is 4.74 Å². The summed E-state index contributed by atoms with van der Waals surface area (Å²) in [4.78, 5) is 17.0. The summed E-state index contributed by atoms with van der Waals surface area (Å²) in [5.41, 5.74) is 1.86. The molecule has 0 bridgehead atoms. The van der Waals surface area contributed by atoms with Gasteiger partial charge < -0.3 is 9.64 Å². The summed E-state index contributed by atoms with van der Waals surface area (Å²) < 4.78 is 5.31. The molecule has 1 heterocycles. The van der Waals surface area contributed by atoms with Crippen LogP contribution in [0.5, 0.6) is 5.75 Å². The number of piperazine rings is 1. The third-order valence-electron chi connectivity index (χ3n) is 4.47. The van der Waals surface area contributed by atoms with E-state index in [1.807, 2.05) is 47.4 Å². The Morgan fingerprint density at radius 3 is 2.40 bits per heavy atom. The van der Waals surface area contributed by atoms with Gasteiger partial charge in [0.1, 0.15) is 5.75 Å². The Morgan fingerprint density at radius 1 is 1.00 bits per heavy atom. The highest BCUT2D eigenvalue weighted by Crippen LogP contribution is 2.20. The van der Waals surface area contributed by atoms with Crippen molar-refractivity contribution in [2.75, 3.05) is 39.8 Å². The molecule has 4 heteroatoms. The number of methoxy groups -OCH3 is 1. The number of carbonyl (C=O) groups is 1. The topological polar surface area (TPSA) is 32.8 Å². The van der Waals surface area contributed by atoms with Crippen LogP contribution in [0.4, 0.5) is 0 Å². The van der Waals surface area contributed by atoms with Gasteiger partial charge >= 0.3 is 0 Å². The molecule has 0 radical (unpaired) electrons. The van der Waals surface area contributed by atoms with Gasteiger partial charge in [0.25, 0.3) is 5.91 Å². The van der Waals surface area contributed by atoms with Crippen molar-refractivity contribution < 1.29 is 9.53 Å². The lowest BCUT2D eigenvalue weighted by Gasteiger charge is -2.34. The van der Waals surface area contributed by atoms with Crippen LogP contribution in [-0.2, 0) is 0 Å². The minimum atomic E-state index is 0.0527. The second-order valence-electron chi connectivity index (χ2n) is 6.11. The lowest BCUT2D eigenvalue weighted by atomic mass is 10.1. The van der Waals surface area contributed by atoms with Crippen molar-refractivity contribution in [1.29, 1.82) is 0 Å². The highest BCUT2D eigenvalue weighted by molar-refractivity contribution is 5.97. The number of benzene rings is 2. The number of rotatable bonds is 5. The summed E-state index contributed by atoms with van der Waals surface area (Å²) in [5, 5.41) is 0. The number of nitrogens with zero attached hydrogens (tertiary/aromatic N) is 2. The van der Waals surface area contributed by atoms with Crippen molar-refractivity contribution in [1.82, 2.24) is 9.80 Å². The molecule has 25 heavy (non-hydrogen) atoms. The van der Waals surface area contributed by atoms with Gasteiger partial charge in [0.05, 0.1) is 12.7 Å². The summed E-state index contributed by atoms with van der Waals surface area (Å²) in [6, 6.07) is 17.7. The SMILES string of the molecule is COc1ccccc1C(=O)N1CCN(CC=Cc2ccccc2)CC1. The average Bonchev–Trinajstić information content (AvgIpc) is 2.69. The van der Waals surface area contributed by atoms with Gasteiger partial charge in [-0.1, -0.05) is 54.6 Å². The van der Waals surface area contributed by atoms with E-state index in [1.165, 1.54) is 5.56 Å². The van der Waals surface area contributed by atoms with Gasteiger partial charge in [-0.05, 0) is 17.7 Å².